The van der Waals surface area contributed by atoms with Crippen molar-refractivity contribution in [3.63, 3.8) is 0 Å². The predicted octanol–water partition coefficient (Wildman–Crippen LogP) is 3.16. The molecule has 0 unspecified atom stereocenters. The fraction of sp³-hybridized carbons (Fsp3) is 0.250. The molecule has 1 rings (SSSR count). The first kappa shape index (κ1) is 13.6. The van der Waals surface area contributed by atoms with Crippen LogP contribution in [0.3, 0.4) is 0 Å². The van der Waals surface area contributed by atoms with Crippen LogP contribution in [0.25, 0.3) is 6.08 Å². The number of carbonyl (C=O) groups excluding carboxylic acids is 1. The van der Waals surface area contributed by atoms with E-state index in [0.717, 1.165) is 12.1 Å². The average Bonchev–Trinajstić information content (AvgIpc) is 2.25. The summed E-state index contributed by atoms with van der Waals surface area (Å²) in [5.74, 6) is -1.68. The molecule has 0 radical (unpaired) electrons. The van der Waals surface area contributed by atoms with Crippen LogP contribution in [0.5, 0.6) is 0 Å². The molecule has 1 amide bonds. The van der Waals surface area contributed by atoms with E-state index in [-0.39, 0.29) is 5.91 Å². The van der Waals surface area contributed by atoms with Gasteiger partial charge in [-0.25, -0.2) is 8.78 Å². The van der Waals surface area contributed by atoms with Gasteiger partial charge in [-0.2, -0.15) is 0 Å². The van der Waals surface area contributed by atoms with Crippen molar-refractivity contribution in [1.82, 2.24) is 5.32 Å². The average molecular weight is 260 g/mol. The van der Waals surface area contributed by atoms with E-state index in [0.29, 0.717) is 18.5 Å². The number of hydrogen-bond acceptors (Lipinski definition) is 1. The van der Waals surface area contributed by atoms with Gasteiger partial charge in [0.1, 0.15) is 16.7 Å². The van der Waals surface area contributed by atoms with E-state index in [1.165, 1.54) is 6.92 Å². The van der Waals surface area contributed by atoms with Gasteiger partial charge in [-0.1, -0.05) is 23.8 Å². The van der Waals surface area contributed by atoms with Crippen molar-refractivity contribution >= 4 is 23.6 Å². The Kier molecular flexibility index (Phi) is 5.10. The summed E-state index contributed by atoms with van der Waals surface area (Å²) in [5, 5.41) is 2.10. The Labute approximate surface area is 103 Å². The lowest BCUT2D eigenvalue weighted by Crippen LogP contribution is -2.20. The van der Waals surface area contributed by atoms with Crippen LogP contribution in [0.15, 0.2) is 18.2 Å². The molecular formula is C12H12ClF2NO. The van der Waals surface area contributed by atoms with Crippen LogP contribution in [-0.4, -0.2) is 12.5 Å². The highest BCUT2D eigenvalue weighted by Gasteiger charge is 2.06. The number of nitrogens with one attached hydrogen (secondary N) is 1. The Hall–Kier alpha value is -1.42. The third-order valence-corrected chi connectivity index (χ3v) is 2.36. The van der Waals surface area contributed by atoms with Gasteiger partial charge in [0.15, 0.2) is 0 Å². The molecule has 2 nitrogen and oxygen atoms in total. The van der Waals surface area contributed by atoms with Crippen LogP contribution in [0, 0.1) is 11.6 Å². The quantitative estimate of drug-likeness (QED) is 0.653. The van der Waals surface area contributed by atoms with E-state index < -0.39 is 16.7 Å². The molecule has 0 fully saturated rings. The van der Waals surface area contributed by atoms with E-state index in [2.05, 4.69) is 5.32 Å². The van der Waals surface area contributed by atoms with Crippen LogP contribution < -0.4 is 5.32 Å². The van der Waals surface area contributed by atoms with Gasteiger partial charge in [-0.15, -0.1) is 0 Å². The maximum atomic E-state index is 13.1. The van der Waals surface area contributed by atoms with Crippen LogP contribution in [0.2, 0.25) is 5.02 Å². The monoisotopic (exact) mass is 259 g/mol. The molecule has 1 aromatic carbocycles. The number of rotatable bonds is 4. The van der Waals surface area contributed by atoms with E-state index in [1.807, 2.05) is 0 Å². The molecule has 1 aromatic rings. The highest BCUT2D eigenvalue weighted by molar-refractivity contribution is 6.30. The normalized spacial score (nSPS) is 10.8. The first-order valence-corrected chi connectivity index (χ1v) is 5.44. The number of amides is 1. The Morgan fingerprint density at radius 2 is 2.00 bits per heavy atom. The summed E-state index contributed by atoms with van der Waals surface area (Å²) in [6, 6.07) is 2.31. The second-order valence-electron chi connectivity index (χ2n) is 3.47. The van der Waals surface area contributed by atoms with Gasteiger partial charge >= 0.3 is 0 Å². The molecular weight excluding hydrogens is 248 g/mol. The fourth-order valence-corrected chi connectivity index (χ4v) is 1.33. The summed E-state index contributed by atoms with van der Waals surface area (Å²) < 4.78 is 26.1. The summed E-state index contributed by atoms with van der Waals surface area (Å²) in [6.45, 7) is 1.91. The summed E-state index contributed by atoms with van der Waals surface area (Å²) >= 11 is 5.35. The minimum Gasteiger partial charge on any atom is -0.356 e. The van der Waals surface area contributed by atoms with E-state index in [9.17, 15) is 13.6 Å². The van der Waals surface area contributed by atoms with Crippen molar-refractivity contribution in [2.45, 2.75) is 13.3 Å². The molecule has 0 atom stereocenters. The van der Waals surface area contributed by atoms with Crippen LogP contribution in [0.4, 0.5) is 8.78 Å². The molecule has 0 saturated carbocycles. The summed E-state index contributed by atoms with van der Waals surface area (Å²) in [5.41, 5.74) is 0.396. The number of benzene rings is 1. The van der Waals surface area contributed by atoms with Gasteiger partial charge < -0.3 is 5.32 Å². The van der Waals surface area contributed by atoms with Gasteiger partial charge in [0.25, 0.3) is 0 Å². The zero-order valence-corrected chi connectivity index (χ0v) is 10.0. The molecule has 0 saturated heterocycles. The summed E-state index contributed by atoms with van der Waals surface area (Å²) in [6.07, 6.45) is 3.88. The largest absolute Gasteiger partial charge is 0.356 e. The van der Waals surface area contributed by atoms with Crippen LogP contribution in [0.1, 0.15) is 18.9 Å². The Balaban J connectivity index is 2.57. The molecule has 92 valence electrons. The Morgan fingerprint density at radius 1 is 1.41 bits per heavy atom. The van der Waals surface area contributed by atoms with E-state index in [4.69, 9.17) is 11.6 Å². The smallest absolute Gasteiger partial charge is 0.216 e. The molecule has 0 aliphatic carbocycles. The van der Waals surface area contributed by atoms with Crippen LogP contribution in [-0.2, 0) is 4.79 Å². The van der Waals surface area contributed by atoms with E-state index >= 15 is 0 Å². The zero-order chi connectivity index (χ0) is 12.8. The van der Waals surface area contributed by atoms with Crippen molar-refractivity contribution in [3.8, 4) is 0 Å². The van der Waals surface area contributed by atoms with Gasteiger partial charge in [0.05, 0.1) is 0 Å². The molecule has 0 bridgehead atoms. The number of halogens is 3. The molecule has 1 N–H and O–H groups in total. The molecule has 0 spiro atoms. The highest BCUT2D eigenvalue weighted by Crippen LogP contribution is 2.21. The predicted molar refractivity (Wildman–Crippen MR) is 63.7 cm³/mol. The van der Waals surface area contributed by atoms with Crippen molar-refractivity contribution in [3.05, 3.63) is 40.4 Å². The van der Waals surface area contributed by atoms with Gasteiger partial charge in [-0.05, 0) is 24.1 Å². The SMILES string of the molecule is CC(=O)NCCC=Cc1cc(F)c(Cl)c(F)c1. The topological polar surface area (TPSA) is 29.1 Å². The van der Waals surface area contributed by atoms with Crippen molar-refractivity contribution < 1.29 is 13.6 Å². The second kappa shape index (κ2) is 6.35. The molecule has 0 aliphatic heterocycles. The third-order valence-electron chi connectivity index (χ3n) is 2.00. The maximum absolute atomic E-state index is 13.1. The summed E-state index contributed by atoms with van der Waals surface area (Å²) in [4.78, 5) is 10.6. The lowest BCUT2D eigenvalue weighted by atomic mass is 10.2. The fourth-order valence-electron chi connectivity index (χ4n) is 1.22. The highest BCUT2D eigenvalue weighted by atomic mass is 35.5. The zero-order valence-electron chi connectivity index (χ0n) is 9.27. The lowest BCUT2D eigenvalue weighted by Gasteiger charge is -2.00. The third kappa shape index (κ3) is 4.53. The molecule has 17 heavy (non-hydrogen) atoms. The first-order chi connectivity index (χ1) is 8.00. The number of hydrogen-bond donors (Lipinski definition) is 1. The van der Waals surface area contributed by atoms with Gasteiger partial charge in [0.2, 0.25) is 5.91 Å². The summed E-state index contributed by atoms with van der Waals surface area (Å²) in [7, 11) is 0. The minimum absolute atomic E-state index is 0.109. The Bertz CT molecular complexity index is 423. The molecule has 0 aliphatic rings. The maximum Gasteiger partial charge on any atom is 0.216 e. The first-order valence-electron chi connectivity index (χ1n) is 5.06. The van der Waals surface area contributed by atoms with Gasteiger partial charge in [-0.3, -0.25) is 4.79 Å². The molecule has 5 heteroatoms. The standard InChI is InChI=1S/C12H12ClF2NO/c1-8(17)16-5-3-2-4-9-6-10(14)12(13)11(15)7-9/h2,4,6-7H,3,5H2,1H3,(H,16,17). The minimum atomic E-state index is -0.784. The van der Waals surface area contributed by atoms with Crippen molar-refractivity contribution in [2.24, 2.45) is 0 Å². The van der Waals surface area contributed by atoms with Crippen LogP contribution >= 0.6 is 11.6 Å². The van der Waals surface area contributed by atoms with Gasteiger partial charge in [0, 0.05) is 13.5 Å². The second-order valence-corrected chi connectivity index (χ2v) is 3.85. The van der Waals surface area contributed by atoms with Crippen molar-refractivity contribution in [2.75, 3.05) is 6.54 Å². The Morgan fingerprint density at radius 3 is 2.53 bits per heavy atom. The lowest BCUT2D eigenvalue weighted by molar-refractivity contribution is -0.118. The van der Waals surface area contributed by atoms with E-state index in [1.54, 1.807) is 12.2 Å². The van der Waals surface area contributed by atoms with Crippen molar-refractivity contribution in [1.29, 1.82) is 0 Å². The number of carbonyl (C=O) groups is 1. The molecule has 0 aromatic heterocycles. The molecule has 0 heterocycles.